The Hall–Kier alpha value is -2.57. The molecule has 2 aromatic rings. The molecule has 1 aliphatic carbocycles. The SMILES string of the molecule is CC1(C)OCC(=S)N[C@](C)(c2cc(CC3CCc4cc(C#N)cnc43)c(F)cc2F)C1(F)F. The second-order valence-electron chi connectivity index (χ2n) is 9.29. The van der Waals surface area contributed by atoms with E-state index >= 15 is 13.2 Å². The quantitative estimate of drug-likeness (QED) is 0.494. The molecule has 174 valence electrons. The van der Waals surface area contributed by atoms with Crippen molar-refractivity contribution in [1.29, 1.82) is 5.26 Å². The van der Waals surface area contributed by atoms with Crippen molar-refractivity contribution in [2.45, 2.75) is 63.0 Å². The summed E-state index contributed by atoms with van der Waals surface area (Å²) in [6.07, 6.45) is 2.97. The zero-order valence-corrected chi connectivity index (χ0v) is 19.3. The summed E-state index contributed by atoms with van der Waals surface area (Å²) in [6, 6.07) is 5.62. The number of thiocarbonyl (C=S) groups is 1. The fourth-order valence-electron chi connectivity index (χ4n) is 4.78. The van der Waals surface area contributed by atoms with Gasteiger partial charge < -0.3 is 10.1 Å². The molecule has 9 heteroatoms. The number of aromatic nitrogens is 1. The summed E-state index contributed by atoms with van der Waals surface area (Å²) in [5, 5.41) is 11.6. The highest BCUT2D eigenvalue weighted by molar-refractivity contribution is 7.80. The van der Waals surface area contributed by atoms with Gasteiger partial charge in [-0.25, -0.2) is 17.6 Å². The third kappa shape index (κ3) is 3.79. The number of aryl methyl sites for hydroxylation is 1. The van der Waals surface area contributed by atoms with Crippen LogP contribution in [0.2, 0.25) is 0 Å². The Kier molecular flexibility index (Phi) is 5.74. The van der Waals surface area contributed by atoms with E-state index < -0.39 is 28.7 Å². The Morgan fingerprint density at radius 2 is 1.94 bits per heavy atom. The second kappa shape index (κ2) is 8.03. The van der Waals surface area contributed by atoms with Crippen LogP contribution in [0.5, 0.6) is 0 Å². The molecule has 0 spiro atoms. The van der Waals surface area contributed by atoms with Crippen LogP contribution < -0.4 is 5.32 Å². The highest BCUT2D eigenvalue weighted by Gasteiger charge is 2.64. The van der Waals surface area contributed by atoms with Gasteiger partial charge >= 0.3 is 5.92 Å². The minimum atomic E-state index is -3.59. The number of alkyl halides is 2. The summed E-state index contributed by atoms with van der Waals surface area (Å²) in [5.41, 5.74) is -2.37. The Morgan fingerprint density at radius 3 is 2.64 bits per heavy atom. The molecule has 1 aromatic carbocycles. The van der Waals surface area contributed by atoms with Crippen LogP contribution in [0.4, 0.5) is 17.6 Å². The van der Waals surface area contributed by atoms with Crippen molar-refractivity contribution in [3.05, 3.63) is 64.0 Å². The van der Waals surface area contributed by atoms with E-state index in [1.165, 1.54) is 20.0 Å². The van der Waals surface area contributed by atoms with Gasteiger partial charge in [-0.3, -0.25) is 4.98 Å². The van der Waals surface area contributed by atoms with Gasteiger partial charge in [-0.05, 0) is 63.3 Å². The number of hydrogen-bond donors (Lipinski definition) is 1. The molecular formula is C24H23F4N3OS. The molecule has 1 aliphatic heterocycles. The van der Waals surface area contributed by atoms with Crippen LogP contribution in [0, 0.1) is 23.0 Å². The lowest BCUT2D eigenvalue weighted by Gasteiger charge is -2.44. The van der Waals surface area contributed by atoms with Crippen LogP contribution in [0.1, 0.15) is 61.1 Å². The number of rotatable bonds is 3. The van der Waals surface area contributed by atoms with Crippen molar-refractivity contribution in [1.82, 2.24) is 10.3 Å². The first-order valence-electron chi connectivity index (χ1n) is 10.6. The zero-order chi connectivity index (χ0) is 24.2. The topological polar surface area (TPSA) is 57.9 Å². The first-order chi connectivity index (χ1) is 15.4. The Morgan fingerprint density at radius 1 is 1.21 bits per heavy atom. The van der Waals surface area contributed by atoms with Gasteiger partial charge in [0.2, 0.25) is 0 Å². The summed E-state index contributed by atoms with van der Waals surface area (Å²) in [4.78, 5) is 4.37. The van der Waals surface area contributed by atoms with E-state index in [0.29, 0.717) is 24.5 Å². The molecule has 0 saturated carbocycles. The molecule has 2 aliphatic rings. The number of nitriles is 1. The molecular weight excluding hydrogens is 454 g/mol. The van der Waals surface area contributed by atoms with Crippen molar-refractivity contribution >= 4 is 17.2 Å². The van der Waals surface area contributed by atoms with Crippen LogP contribution in [0.15, 0.2) is 24.4 Å². The van der Waals surface area contributed by atoms with Gasteiger partial charge in [0, 0.05) is 29.4 Å². The van der Waals surface area contributed by atoms with E-state index in [9.17, 15) is 4.39 Å². The van der Waals surface area contributed by atoms with E-state index in [2.05, 4.69) is 10.3 Å². The van der Waals surface area contributed by atoms with Crippen molar-refractivity contribution in [2.24, 2.45) is 0 Å². The lowest BCUT2D eigenvalue weighted by Crippen LogP contribution is -2.62. The van der Waals surface area contributed by atoms with Crippen molar-refractivity contribution in [3.8, 4) is 6.07 Å². The van der Waals surface area contributed by atoms with Gasteiger partial charge in [-0.15, -0.1) is 0 Å². The maximum atomic E-state index is 15.7. The van der Waals surface area contributed by atoms with Crippen LogP contribution in [0.25, 0.3) is 0 Å². The number of nitrogens with one attached hydrogen (secondary N) is 1. The maximum Gasteiger partial charge on any atom is 0.302 e. The molecule has 1 aromatic heterocycles. The van der Waals surface area contributed by atoms with Gasteiger partial charge in [0.05, 0.1) is 12.2 Å². The molecule has 1 unspecified atom stereocenters. The van der Waals surface area contributed by atoms with Crippen LogP contribution in [-0.4, -0.2) is 28.1 Å². The first-order valence-corrected chi connectivity index (χ1v) is 11.0. The summed E-state index contributed by atoms with van der Waals surface area (Å²) in [6.45, 7) is 3.36. The van der Waals surface area contributed by atoms with Crippen molar-refractivity contribution in [2.75, 3.05) is 6.61 Å². The Bertz CT molecular complexity index is 1180. The minimum Gasteiger partial charge on any atom is -0.363 e. The average molecular weight is 478 g/mol. The van der Waals surface area contributed by atoms with E-state index in [0.717, 1.165) is 24.2 Å². The van der Waals surface area contributed by atoms with Gasteiger partial charge in [0.15, 0.2) is 0 Å². The number of ether oxygens (including phenoxy) is 1. The Labute approximate surface area is 195 Å². The molecule has 4 rings (SSSR count). The third-order valence-corrected chi connectivity index (χ3v) is 6.98. The smallest absolute Gasteiger partial charge is 0.302 e. The number of halogens is 4. The predicted molar refractivity (Wildman–Crippen MR) is 118 cm³/mol. The van der Waals surface area contributed by atoms with E-state index in [1.807, 2.05) is 6.07 Å². The van der Waals surface area contributed by atoms with Crippen LogP contribution >= 0.6 is 12.2 Å². The van der Waals surface area contributed by atoms with Crippen LogP contribution in [0.3, 0.4) is 0 Å². The van der Waals surface area contributed by atoms with Gasteiger partial charge in [-0.1, -0.05) is 12.2 Å². The van der Waals surface area contributed by atoms with E-state index in [4.69, 9.17) is 22.2 Å². The van der Waals surface area contributed by atoms with Gasteiger partial charge in [-0.2, -0.15) is 5.26 Å². The van der Waals surface area contributed by atoms with Gasteiger partial charge in [0.1, 0.15) is 33.8 Å². The molecule has 1 saturated heterocycles. The molecule has 1 fully saturated rings. The molecule has 2 heterocycles. The Balaban J connectivity index is 1.76. The molecule has 0 amide bonds. The predicted octanol–water partition coefficient (Wildman–Crippen LogP) is 5.08. The van der Waals surface area contributed by atoms with Crippen molar-refractivity contribution in [3.63, 3.8) is 0 Å². The minimum absolute atomic E-state index is 0.00948. The average Bonchev–Trinajstić information content (AvgIpc) is 3.13. The maximum absolute atomic E-state index is 15.7. The highest BCUT2D eigenvalue weighted by Crippen LogP contribution is 2.48. The number of pyridine rings is 1. The number of hydrogen-bond acceptors (Lipinski definition) is 4. The third-order valence-electron chi connectivity index (χ3n) is 6.76. The van der Waals surface area contributed by atoms with Crippen LogP contribution in [-0.2, 0) is 23.1 Å². The zero-order valence-electron chi connectivity index (χ0n) is 18.4. The first kappa shape index (κ1) is 23.6. The van der Waals surface area contributed by atoms with E-state index in [1.54, 1.807) is 6.07 Å². The summed E-state index contributed by atoms with van der Waals surface area (Å²) >= 11 is 5.13. The molecule has 4 nitrogen and oxygen atoms in total. The number of fused-ring (bicyclic) bond motifs is 1. The fourth-order valence-corrected chi connectivity index (χ4v) is 5.05. The number of nitrogens with zero attached hydrogens (tertiary/aromatic N) is 2. The van der Waals surface area contributed by atoms with E-state index in [-0.39, 0.29) is 35.1 Å². The lowest BCUT2D eigenvalue weighted by molar-refractivity contribution is -0.216. The summed E-state index contributed by atoms with van der Waals surface area (Å²) in [5.74, 6) is -5.66. The molecule has 2 atom stereocenters. The van der Waals surface area contributed by atoms with Gasteiger partial charge in [0.25, 0.3) is 0 Å². The molecule has 0 radical (unpaired) electrons. The van der Waals surface area contributed by atoms with Crippen molar-refractivity contribution < 1.29 is 22.3 Å². The highest BCUT2D eigenvalue weighted by atomic mass is 32.1. The largest absolute Gasteiger partial charge is 0.363 e. The molecule has 33 heavy (non-hydrogen) atoms. The summed E-state index contributed by atoms with van der Waals surface area (Å²) < 4.78 is 66.5. The second-order valence-corrected chi connectivity index (χ2v) is 9.78. The lowest BCUT2D eigenvalue weighted by atomic mass is 9.77. The summed E-state index contributed by atoms with van der Waals surface area (Å²) in [7, 11) is 0. The normalized spacial score (nSPS) is 25.6. The molecule has 1 N–H and O–H groups in total. The molecule has 0 bridgehead atoms. The monoisotopic (exact) mass is 477 g/mol. The standard InChI is InChI=1S/C24H23F4N3OS/c1-22(2)24(27,28)23(3,31-20(33)12-32-22)17-8-16(18(25)9-19(17)26)7-15-5-4-14-6-13(10-29)11-30-21(14)15/h6,8-9,11,15H,4-5,7,12H2,1-3H3,(H,31,33)/t15?,23-/m1/s1. The number of benzene rings is 1. The fraction of sp³-hybridized carbons (Fsp3) is 0.458.